The van der Waals surface area contributed by atoms with E-state index in [0.717, 1.165) is 31.6 Å². The zero-order valence-corrected chi connectivity index (χ0v) is 18.8. The molecule has 2 aromatic carbocycles. The Labute approximate surface area is 201 Å². The first kappa shape index (κ1) is 22.1. The Morgan fingerprint density at radius 3 is 2.49 bits per heavy atom. The smallest absolute Gasteiger partial charge is 0.336 e. The van der Waals surface area contributed by atoms with E-state index >= 15 is 0 Å². The molecule has 3 heterocycles. The number of nitrogens with zero attached hydrogens (tertiary/aromatic N) is 5. The number of carboxylic acids is 1. The summed E-state index contributed by atoms with van der Waals surface area (Å²) in [5, 5.41) is 16.8. The topological polar surface area (TPSA) is 129 Å². The van der Waals surface area contributed by atoms with Crippen LogP contribution in [0.25, 0.3) is 11.3 Å². The van der Waals surface area contributed by atoms with Gasteiger partial charge in [0, 0.05) is 24.3 Å². The number of benzene rings is 2. The molecular formula is C25H23N7O3. The molecule has 0 atom stereocenters. The maximum Gasteiger partial charge on any atom is 0.336 e. The average molecular weight is 470 g/mol. The molecule has 0 radical (unpaired) electrons. The van der Waals surface area contributed by atoms with Gasteiger partial charge in [-0.25, -0.2) is 10.2 Å². The van der Waals surface area contributed by atoms with Crippen molar-refractivity contribution < 1.29 is 14.3 Å². The van der Waals surface area contributed by atoms with Crippen LogP contribution in [0.15, 0.2) is 76.2 Å². The number of aromatic nitrogens is 3. The largest absolute Gasteiger partial charge is 0.478 e. The normalized spacial score (nSPS) is 13.3. The van der Waals surface area contributed by atoms with Crippen LogP contribution in [-0.4, -0.2) is 45.3 Å². The van der Waals surface area contributed by atoms with E-state index in [4.69, 9.17) is 4.42 Å². The first-order valence-electron chi connectivity index (χ1n) is 11.2. The van der Waals surface area contributed by atoms with E-state index in [1.54, 1.807) is 30.3 Å². The van der Waals surface area contributed by atoms with Gasteiger partial charge in [-0.2, -0.15) is 20.1 Å². The summed E-state index contributed by atoms with van der Waals surface area (Å²) in [7, 11) is 0. The summed E-state index contributed by atoms with van der Waals surface area (Å²) in [6, 6.07) is 19.8. The highest BCUT2D eigenvalue weighted by molar-refractivity contribution is 5.95. The molecule has 176 valence electrons. The highest BCUT2D eigenvalue weighted by Crippen LogP contribution is 2.26. The number of carbonyl (C=O) groups is 1. The van der Waals surface area contributed by atoms with Crippen molar-refractivity contribution in [2.24, 2.45) is 5.10 Å². The molecule has 0 saturated carbocycles. The lowest BCUT2D eigenvalue weighted by Gasteiger charge is -2.16. The third-order valence-corrected chi connectivity index (χ3v) is 5.45. The molecule has 0 aliphatic carbocycles. The molecule has 0 spiro atoms. The van der Waals surface area contributed by atoms with E-state index in [1.807, 2.05) is 30.3 Å². The molecule has 3 N–H and O–H groups in total. The fraction of sp³-hybridized carbons (Fsp3) is 0.160. The van der Waals surface area contributed by atoms with E-state index in [1.165, 1.54) is 12.3 Å². The molecule has 2 aromatic heterocycles. The fourth-order valence-electron chi connectivity index (χ4n) is 3.78. The van der Waals surface area contributed by atoms with Crippen molar-refractivity contribution in [1.82, 2.24) is 15.0 Å². The Morgan fingerprint density at radius 1 is 0.943 bits per heavy atom. The van der Waals surface area contributed by atoms with E-state index in [0.29, 0.717) is 34.9 Å². The highest BCUT2D eigenvalue weighted by atomic mass is 16.4. The summed E-state index contributed by atoms with van der Waals surface area (Å²) < 4.78 is 5.78. The summed E-state index contributed by atoms with van der Waals surface area (Å²) in [5.74, 6) is 1.16. The van der Waals surface area contributed by atoms with Gasteiger partial charge in [0.25, 0.3) is 0 Å². The third-order valence-electron chi connectivity index (χ3n) is 5.45. The Bertz CT molecular complexity index is 1350. The number of furan rings is 1. The van der Waals surface area contributed by atoms with Crippen LogP contribution in [-0.2, 0) is 0 Å². The maximum absolute atomic E-state index is 11.5. The van der Waals surface area contributed by atoms with Crippen LogP contribution in [0.1, 0.15) is 29.0 Å². The fourth-order valence-corrected chi connectivity index (χ4v) is 3.78. The predicted octanol–water partition coefficient (Wildman–Crippen LogP) is 4.62. The van der Waals surface area contributed by atoms with Crippen LogP contribution in [0.3, 0.4) is 0 Å². The summed E-state index contributed by atoms with van der Waals surface area (Å²) in [5.41, 5.74) is 4.38. The minimum absolute atomic E-state index is 0.168. The second-order valence-corrected chi connectivity index (χ2v) is 7.89. The lowest BCUT2D eigenvalue weighted by Crippen LogP contribution is -2.21. The Hall–Kier alpha value is -4.73. The number of aromatic carboxylic acids is 1. The SMILES string of the molecule is O=C(O)c1ccccc1-c1ccc(C=NNc2nc(Nc3ccccc3)nc(N3CCCC3)n2)o1. The first-order chi connectivity index (χ1) is 17.2. The van der Waals surface area contributed by atoms with Crippen LogP contribution >= 0.6 is 0 Å². The van der Waals surface area contributed by atoms with Crippen LogP contribution in [0, 0.1) is 0 Å². The number of para-hydroxylation sites is 1. The molecule has 1 fully saturated rings. The predicted molar refractivity (Wildman–Crippen MR) is 133 cm³/mol. The van der Waals surface area contributed by atoms with E-state index < -0.39 is 5.97 Å². The summed E-state index contributed by atoms with van der Waals surface area (Å²) in [4.78, 5) is 27.1. The number of hydrogen-bond acceptors (Lipinski definition) is 9. The zero-order valence-electron chi connectivity index (χ0n) is 18.8. The summed E-state index contributed by atoms with van der Waals surface area (Å²) in [6.45, 7) is 1.79. The summed E-state index contributed by atoms with van der Waals surface area (Å²) in [6.07, 6.45) is 3.68. The van der Waals surface area contributed by atoms with E-state index in [2.05, 4.69) is 35.7 Å². The lowest BCUT2D eigenvalue weighted by atomic mass is 10.1. The van der Waals surface area contributed by atoms with Gasteiger partial charge < -0.3 is 19.7 Å². The van der Waals surface area contributed by atoms with Crippen molar-refractivity contribution in [3.05, 3.63) is 78.1 Å². The molecule has 1 aliphatic heterocycles. The number of carboxylic acid groups (broad SMARTS) is 1. The van der Waals surface area contributed by atoms with Crippen molar-refractivity contribution in [3.63, 3.8) is 0 Å². The monoisotopic (exact) mass is 469 g/mol. The lowest BCUT2D eigenvalue weighted by molar-refractivity contribution is 0.0697. The van der Waals surface area contributed by atoms with Crippen LogP contribution < -0.4 is 15.6 Å². The minimum atomic E-state index is -1.02. The number of nitrogens with one attached hydrogen (secondary N) is 2. The second-order valence-electron chi connectivity index (χ2n) is 7.89. The Kier molecular flexibility index (Phi) is 6.33. The zero-order chi connectivity index (χ0) is 24.0. The van der Waals surface area contributed by atoms with Crippen LogP contribution in [0.4, 0.5) is 23.5 Å². The second kappa shape index (κ2) is 10.0. The van der Waals surface area contributed by atoms with Crippen LogP contribution in [0.5, 0.6) is 0 Å². The molecule has 1 saturated heterocycles. The Morgan fingerprint density at radius 2 is 1.69 bits per heavy atom. The maximum atomic E-state index is 11.5. The molecule has 0 amide bonds. The van der Waals surface area contributed by atoms with Crippen LogP contribution in [0.2, 0.25) is 0 Å². The number of hydrogen-bond donors (Lipinski definition) is 3. The van der Waals surface area contributed by atoms with Gasteiger partial charge >= 0.3 is 5.97 Å². The van der Waals surface area contributed by atoms with Crippen molar-refractivity contribution in [2.75, 3.05) is 28.7 Å². The van der Waals surface area contributed by atoms with Gasteiger partial charge in [0.15, 0.2) is 0 Å². The molecule has 35 heavy (non-hydrogen) atoms. The number of hydrazone groups is 1. The van der Waals surface area contributed by atoms with E-state index in [9.17, 15) is 9.90 Å². The summed E-state index contributed by atoms with van der Waals surface area (Å²) >= 11 is 0. The van der Waals surface area contributed by atoms with Crippen molar-refractivity contribution in [2.45, 2.75) is 12.8 Å². The molecule has 4 aromatic rings. The van der Waals surface area contributed by atoms with Gasteiger partial charge in [-0.1, -0.05) is 36.4 Å². The van der Waals surface area contributed by atoms with Gasteiger partial charge in [0.1, 0.15) is 11.5 Å². The number of rotatable bonds is 8. The average Bonchev–Trinajstić information content (AvgIpc) is 3.57. The van der Waals surface area contributed by atoms with Gasteiger partial charge in [-0.15, -0.1) is 0 Å². The van der Waals surface area contributed by atoms with Crippen molar-refractivity contribution in [3.8, 4) is 11.3 Å². The molecule has 1 aliphatic rings. The number of anilines is 4. The first-order valence-corrected chi connectivity index (χ1v) is 11.2. The third kappa shape index (κ3) is 5.27. The van der Waals surface area contributed by atoms with Crippen molar-refractivity contribution >= 4 is 35.7 Å². The van der Waals surface area contributed by atoms with Gasteiger partial charge in [0.2, 0.25) is 17.8 Å². The van der Waals surface area contributed by atoms with Gasteiger partial charge in [-0.05, 0) is 43.2 Å². The van der Waals surface area contributed by atoms with Crippen molar-refractivity contribution in [1.29, 1.82) is 0 Å². The molecule has 5 rings (SSSR count). The quantitative estimate of drug-likeness (QED) is 0.250. The molecular weight excluding hydrogens is 446 g/mol. The Balaban J connectivity index is 1.34. The van der Waals surface area contributed by atoms with Gasteiger partial charge in [-0.3, -0.25) is 0 Å². The van der Waals surface area contributed by atoms with Gasteiger partial charge in [0.05, 0.1) is 11.8 Å². The highest BCUT2D eigenvalue weighted by Gasteiger charge is 2.18. The standard InChI is InChI=1S/C25H23N7O3/c33-22(34)20-11-5-4-10-19(20)21-13-12-18(35-21)16-26-31-24-28-23(27-17-8-2-1-3-9-17)29-25(30-24)32-14-6-7-15-32/h1-5,8-13,16H,6-7,14-15H2,(H,33,34)(H2,27,28,29,30,31). The minimum Gasteiger partial charge on any atom is -0.478 e. The molecule has 10 heteroatoms. The molecule has 0 unspecified atom stereocenters. The molecule has 0 bridgehead atoms. The molecule has 10 nitrogen and oxygen atoms in total. The van der Waals surface area contributed by atoms with E-state index in [-0.39, 0.29) is 5.56 Å².